The maximum atomic E-state index is 4.74. The van der Waals surface area contributed by atoms with E-state index in [2.05, 4.69) is 48.3 Å². The molecule has 120 valence electrons. The first-order valence-corrected chi connectivity index (χ1v) is 9.05. The van der Waals surface area contributed by atoms with Gasteiger partial charge in [-0.3, -0.25) is 9.80 Å². The average Bonchev–Trinajstić information content (AvgIpc) is 3.05. The maximum absolute atomic E-state index is 4.74. The van der Waals surface area contributed by atoms with Crippen LogP contribution in [0.3, 0.4) is 0 Å². The monoisotopic (exact) mass is 310 g/mol. The normalized spacial score (nSPS) is 20.0. The van der Waals surface area contributed by atoms with E-state index < -0.39 is 0 Å². The first kappa shape index (κ1) is 16.9. The van der Waals surface area contributed by atoms with Crippen LogP contribution in [-0.4, -0.2) is 53.5 Å². The van der Waals surface area contributed by atoms with Crippen LogP contribution in [0.2, 0.25) is 0 Å². The smallest absolute Gasteiger partial charge is 0.107 e. The molecule has 1 aliphatic heterocycles. The third-order valence-electron chi connectivity index (χ3n) is 4.12. The quantitative estimate of drug-likeness (QED) is 0.799. The molecular weight excluding hydrogens is 280 g/mol. The van der Waals surface area contributed by atoms with Gasteiger partial charge in [0.15, 0.2) is 0 Å². The van der Waals surface area contributed by atoms with Crippen molar-refractivity contribution in [2.45, 2.75) is 58.8 Å². The Kier molecular flexibility index (Phi) is 6.61. The van der Waals surface area contributed by atoms with Gasteiger partial charge in [0.1, 0.15) is 5.01 Å². The van der Waals surface area contributed by atoms with Crippen molar-refractivity contribution < 1.29 is 0 Å². The number of likely N-dealkylation sites (N-methyl/N-ethyl adjacent to an activating group) is 2. The molecule has 0 aliphatic carbocycles. The number of rotatable bonds is 8. The van der Waals surface area contributed by atoms with Crippen molar-refractivity contribution in [3.05, 3.63) is 16.1 Å². The van der Waals surface area contributed by atoms with Crippen LogP contribution in [0.1, 0.15) is 44.3 Å². The highest BCUT2D eigenvalue weighted by Crippen LogP contribution is 2.18. The Morgan fingerprint density at radius 3 is 3.05 bits per heavy atom. The molecule has 1 unspecified atom stereocenters. The molecule has 0 aromatic carbocycles. The van der Waals surface area contributed by atoms with Gasteiger partial charge >= 0.3 is 0 Å². The van der Waals surface area contributed by atoms with E-state index in [1.807, 2.05) is 0 Å². The number of aromatic nitrogens is 1. The molecule has 21 heavy (non-hydrogen) atoms. The third-order valence-corrected chi connectivity index (χ3v) is 5.02. The van der Waals surface area contributed by atoms with Crippen LogP contribution in [-0.2, 0) is 13.1 Å². The van der Waals surface area contributed by atoms with Crippen molar-refractivity contribution in [2.75, 3.05) is 26.7 Å². The second-order valence-electron chi connectivity index (χ2n) is 6.39. The van der Waals surface area contributed by atoms with Gasteiger partial charge in [-0.1, -0.05) is 20.8 Å². The van der Waals surface area contributed by atoms with Crippen molar-refractivity contribution in [3.8, 4) is 0 Å². The van der Waals surface area contributed by atoms with E-state index in [9.17, 15) is 0 Å². The van der Waals surface area contributed by atoms with Crippen molar-refractivity contribution in [1.29, 1.82) is 0 Å². The number of nitrogens with zero attached hydrogens (tertiary/aromatic N) is 3. The van der Waals surface area contributed by atoms with Gasteiger partial charge in [-0.15, -0.1) is 11.3 Å². The Labute approximate surface area is 133 Å². The summed E-state index contributed by atoms with van der Waals surface area (Å²) in [6.45, 7) is 12.1. The van der Waals surface area contributed by atoms with Crippen LogP contribution in [0, 0.1) is 0 Å². The summed E-state index contributed by atoms with van der Waals surface area (Å²) in [5.74, 6) is 0. The highest BCUT2D eigenvalue weighted by molar-refractivity contribution is 7.09. The molecular formula is C16H30N4S. The molecule has 0 amide bonds. The van der Waals surface area contributed by atoms with E-state index in [1.165, 1.54) is 36.6 Å². The maximum Gasteiger partial charge on any atom is 0.107 e. The van der Waals surface area contributed by atoms with Crippen molar-refractivity contribution in [3.63, 3.8) is 0 Å². The third kappa shape index (κ3) is 5.33. The Bertz CT molecular complexity index is 418. The first-order valence-electron chi connectivity index (χ1n) is 8.17. The fraction of sp³-hybridized carbons (Fsp3) is 0.812. The predicted molar refractivity (Wildman–Crippen MR) is 90.7 cm³/mol. The van der Waals surface area contributed by atoms with E-state index >= 15 is 0 Å². The zero-order chi connectivity index (χ0) is 15.2. The zero-order valence-electron chi connectivity index (χ0n) is 13.9. The molecule has 4 nitrogen and oxygen atoms in total. The summed E-state index contributed by atoms with van der Waals surface area (Å²) in [4.78, 5) is 9.77. The topological polar surface area (TPSA) is 31.4 Å². The van der Waals surface area contributed by atoms with Crippen molar-refractivity contribution in [1.82, 2.24) is 20.1 Å². The fourth-order valence-electron chi connectivity index (χ4n) is 3.01. The second-order valence-corrected chi connectivity index (χ2v) is 7.33. The van der Waals surface area contributed by atoms with Crippen molar-refractivity contribution >= 4 is 11.3 Å². The summed E-state index contributed by atoms with van der Waals surface area (Å²) in [6.07, 6.45) is 2.70. The minimum Gasteiger partial charge on any atom is -0.308 e. The molecule has 0 radical (unpaired) electrons. The van der Waals surface area contributed by atoms with Gasteiger partial charge in [-0.05, 0) is 33.0 Å². The molecule has 2 heterocycles. The Hall–Kier alpha value is -0.490. The SMILES string of the molecule is CCN1CCCC1CN(C)Cc1csc(CNC(C)C)n1. The lowest BCUT2D eigenvalue weighted by Crippen LogP contribution is -2.38. The summed E-state index contributed by atoms with van der Waals surface area (Å²) in [5, 5.41) is 6.83. The Morgan fingerprint density at radius 2 is 2.33 bits per heavy atom. The van der Waals surface area contributed by atoms with Crippen LogP contribution in [0.15, 0.2) is 5.38 Å². The molecule has 1 saturated heterocycles. The second kappa shape index (κ2) is 8.22. The lowest BCUT2D eigenvalue weighted by atomic mass is 10.2. The molecule has 1 fully saturated rings. The molecule has 1 atom stereocenters. The van der Waals surface area contributed by atoms with Gasteiger partial charge in [0, 0.05) is 37.1 Å². The van der Waals surface area contributed by atoms with Gasteiger partial charge < -0.3 is 5.32 Å². The van der Waals surface area contributed by atoms with Crippen LogP contribution in [0.4, 0.5) is 0 Å². The summed E-state index contributed by atoms with van der Waals surface area (Å²) in [7, 11) is 2.22. The molecule has 0 bridgehead atoms. The highest BCUT2D eigenvalue weighted by atomic mass is 32.1. The van der Waals surface area contributed by atoms with Crippen molar-refractivity contribution in [2.24, 2.45) is 0 Å². The largest absolute Gasteiger partial charge is 0.308 e. The first-order chi connectivity index (χ1) is 10.1. The van der Waals surface area contributed by atoms with Crippen LogP contribution in [0.5, 0.6) is 0 Å². The number of hydrogen-bond donors (Lipinski definition) is 1. The van der Waals surface area contributed by atoms with E-state index in [0.29, 0.717) is 6.04 Å². The van der Waals surface area contributed by atoms with E-state index in [-0.39, 0.29) is 0 Å². The van der Waals surface area contributed by atoms with Crippen LogP contribution in [0.25, 0.3) is 0 Å². The van der Waals surface area contributed by atoms with E-state index in [0.717, 1.165) is 25.7 Å². The molecule has 5 heteroatoms. The van der Waals surface area contributed by atoms with Gasteiger partial charge in [0.2, 0.25) is 0 Å². The van der Waals surface area contributed by atoms with Gasteiger partial charge in [-0.25, -0.2) is 4.98 Å². The Morgan fingerprint density at radius 1 is 1.52 bits per heavy atom. The molecule has 0 saturated carbocycles. The highest BCUT2D eigenvalue weighted by Gasteiger charge is 2.24. The molecule has 0 spiro atoms. The standard InChI is InChI=1S/C16H30N4S/c1-5-20-8-6-7-15(20)11-19(4)10-14-12-21-16(18-14)9-17-13(2)3/h12-13,15,17H,5-11H2,1-4H3. The van der Waals surface area contributed by atoms with Crippen LogP contribution >= 0.6 is 11.3 Å². The molecule has 1 aliphatic rings. The fourth-order valence-corrected chi connectivity index (χ4v) is 3.75. The number of thiazole rings is 1. The van der Waals surface area contributed by atoms with Gasteiger partial charge in [-0.2, -0.15) is 0 Å². The van der Waals surface area contributed by atoms with E-state index in [1.54, 1.807) is 11.3 Å². The minimum absolute atomic E-state index is 0.516. The molecule has 1 aromatic rings. The Balaban J connectivity index is 1.78. The zero-order valence-corrected chi connectivity index (χ0v) is 14.7. The number of likely N-dealkylation sites (tertiary alicyclic amines) is 1. The predicted octanol–water partition coefficient (Wildman–Crippen LogP) is 2.56. The summed E-state index contributed by atoms with van der Waals surface area (Å²) in [5.41, 5.74) is 1.21. The van der Waals surface area contributed by atoms with Crippen LogP contribution < -0.4 is 5.32 Å². The lowest BCUT2D eigenvalue weighted by Gasteiger charge is -2.27. The van der Waals surface area contributed by atoms with Gasteiger partial charge in [0.25, 0.3) is 0 Å². The summed E-state index contributed by atoms with van der Waals surface area (Å²) in [6, 6.07) is 1.25. The summed E-state index contributed by atoms with van der Waals surface area (Å²) >= 11 is 1.77. The number of hydrogen-bond acceptors (Lipinski definition) is 5. The molecule has 2 rings (SSSR count). The lowest BCUT2D eigenvalue weighted by molar-refractivity contribution is 0.194. The molecule has 1 aromatic heterocycles. The van der Waals surface area contributed by atoms with E-state index in [4.69, 9.17) is 4.98 Å². The van der Waals surface area contributed by atoms with Gasteiger partial charge in [0.05, 0.1) is 5.69 Å². The average molecular weight is 311 g/mol. The number of nitrogens with one attached hydrogen (secondary N) is 1. The minimum atomic E-state index is 0.516. The summed E-state index contributed by atoms with van der Waals surface area (Å²) < 4.78 is 0. The molecule has 1 N–H and O–H groups in total.